The molecule has 1 saturated carbocycles. The van der Waals surface area contributed by atoms with Gasteiger partial charge in [-0.1, -0.05) is 0 Å². The van der Waals surface area contributed by atoms with Crippen LogP contribution < -0.4 is 5.32 Å². The molecular weight excluding hydrogens is 176 g/mol. The lowest BCUT2D eigenvalue weighted by molar-refractivity contribution is -0.124. The third-order valence-corrected chi connectivity index (χ3v) is 2.00. The van der Waals surface area contributed by atoms with Crippen molar-refractivity contribution in [3.63, 3.8) is 0 Å². The van der Waals surface area contributed by atoms with Crippen LogP contribution in [0.2, 0.25) is 0 Å². The Morgan fingerprint density at radius 2 is 2.00 bits per heavy atom. The molecule has 0 saturated heterocycles. The molecule has 0 unspecified atom stereocenters. The van der Waals surface area contributed by atoms with E-state index in [1.54, 1.807) is 0 Å². The molecule has 1 N–H and O–H groups in total. The van der Waals surface area contributed by atoms with Crippen LogP contribution >= 0.6 is 0 Å². The number of carbonyl (C=O) groups is 1. The lowest BCUT2D eigenvalue weighted by Gasteiger charge is -2.20. The molecule has 0 aromatic carbocycles. The first-order valence-electron chi connectivity index (χ1n) is 4.41. The van der Waals surface area contributed by atoms with E-state index in [-0.39, 0.29) is 11.4 Å². The summed E-state index contributed by atoms with van der Waals surface area (Å²) >= 11 is 0. The predicted molar refractivity (Wildman–Crippen MR) is 45.5 cm³/mol. The Balaban J connectivity index is 2.36. The van der Waals surface area contributed by atoms with E-state index < -0.39 is 18.3 Å². The van der Waals surface area contributed by atoms with E-state index in [2.05, 4.69) is 5.32 Å². The number of hydrogen-bond donors (Lipinski definition) is 1. The standard InChI is InChI=1S/C9H15F2NO/c1-9(2,3)12-8(13)6-4-5(6)7(10)11/h5-7H,4H2,1-3H3,(H,12,13)/t5-,6-/m0/s1. The van der Waals surface area contributed by atoms with Crippen LogP contribution in [0.5, 0.6) is 0 Å². The molecular formula is C9H15F2NO. The van der Waals surface area contributed by atoms with Crippen molar-refractivity contribution in [3.8, 4) is 0 Å². The summed E-state index contributed by atoms with van der Waals surface area (Å²) in [6.45, 7) is 5.51. The van der Waals surface area contributed by atoms with Gasteiger partial charge in [0.1, 0.15) is 0 Å². The van der Waals surface area contributed by atoms with Crippen LogP contribution in [-0.2, 0) is 4.79 Å². The lowest BCUT2D eigenvalue weighted by atomic mass is 10.1. The molecule has 0 aliphatic heterocycles. The van der Waals surface area contributed by atoms with Gasteiger partial charge in [-0.3, -0.25) is 4.79 Å². The topological polar surface area (TPSA) is 29.1 Å². The molecule has 2 nitrogen and oxygen atoms in total. The minimum Gasteiger partial charge on any atom is -0.351 e. The summed E-state index contributed by atoms with van der Waals surface area (Å²) in [4.78, 5) is 11.3. The van der Waals surface area contributed by atoms with Crippen molar-refractivity contribution in [2.45, 2.75) is 39.2 Å². The van der Waals surface area contributed by atoms with Gasteiger partial charge < -0.3 is 5.32 Å². The lowest BCUT2D eigenvalue weighted by Crippen LogP contribution is -2.41. The van der Waals surface area contributed by atoms with E-state index >= 15 is 0 Å². The van der Waals surface area contributed by atoms with Crippen LogP contribution in [0.15, 0.2) is 0 Å². The first-order valence-corrected chi connectivity index (χ1v) is 4.41. The normalized spacial score (nSPS) is 27.5. The highest BCUT2D eigenvalue weighted by Crippen LogP contribution is 2.43. The zero-order valence-electron chi connectivity index (χ0n) is 8.10. The minimum atomic E-state index is -2.35. The van der Waals surface area contributed by atoms with Gasteiger partial charge in [-0.25, -0.2) is 8.78 Å². The monoisotopic (exact) mass is 191 g/mol. The molecule has 0 aromatic heterocycles. The van der Waals surface area contributed by atoms with Gasteiger partial charge in [0.25, 0.3) is 0 Å². The van der Waals surface area contributed by atoms with Gasteiger partial charge in [0.15, 0.2) is 0 Å². The number of halogens is 2. The molecule has 0 heterocycles. The van der Waals surface area contributed by atoms with Crippen LogP contribution in [0.1, 0.15) is 27.2 Å². The number of hydrogen-bond acceptors (Lipinski definition) is 1. The summed E-state index contributed by atoms with van der Waals surface area (Å²) in [6, 6.07) is 0. The Bertz CT molecular complexity index is 210. The zero-order chi connectivity index (χ0) is 10.2. The van der Waals surface area contributed by atoms with Crippen molar-refractivity contribution in [1.29, 1.82) is 0 Å². The summed E-state index contributed by atoms with van der Waals surface area (Å²) in [5, 5.41) is 2.69. The second-order valence-corrected chi connectivity index (χ2v) is 4.58. The molecule has 2 atom stereocenters. The molecule has 1 rings (SSSR count). The third kappa shape index (κ3) is 2.94. The molecule has 1 aliphatic rings. The van der Waals surface area contributed by atoms with Gasteiger partial charge in [-0.15, -0.1) is 0 Å². The average molecular weight is 191 g/mol. The molecule has 76 valence electrons. The van der Waals surface area contributed by atoms with Crippen molar-refractivity contribution >= 4 is 5.91 Å². The fourth-order valence-electron chi connectivity index (χ4n) is 1.26. The highest BCUT2D eigenvalue weighted by Gasteiger charge is 2.49. The van der Waals surface area contributed by atoms with Gasteiger partial charge in [-0.05, 0) is 27.2 Å². The molecule has 0 spiro atoms. The summed E-state index contributed by atoms with van der Waals surface area (Å²) in [6.07, 6.45) is -2.02. The van der Waals surface area contributed by atoms with Crippen molar-refractivity contribution in [3.05, 3.63) is 0 Å². The summed E-state index contributed by atoms with van der Waals surface area (Å²) in [7, 11) is 0. The minimum absolute atomic E-state index is 0.238. The van der Waals surface area contributed by atoms with E-state index in [0.717, 1.165) is 0 Å². The molecule has 1 aliphatic carbocycles. The number of alkyl halides is 2. The van der Waals surface area contributed by atoms with E-state index in [4.69, 9.17) is 0 Å². The Morgan fingerprint density at radius 1 is 1.46 bits per heavy atom. The highest BCUT2D eigenvalue weighted by molar-refractivity contribution is 5.82. The molecule has 1 fully saturated rings. The Morgan fingerprint density at radius 3 is 2.31 bits per heavy atom. The van der Waals surface area contributed by atoms with Gasteiger partial charge in [-0.2, -0.15) is 0 Å². The Hall–Kier alpha value is -0.670. The smallest absolute Gasteiger partial charge is 0.242 e. The molecule has 0 aromatic rings. The SMILES string of the molecule is CC(C)(C)NC(=O)[C@H]1C[C@@H]1C(F)F. The summed E-state index contributed by atoms with van der Waals surface area (Å²) in [5.74, 6) is -1.40. The summed E-state index contributed by atoms with van der Waals surface area (Å²) in [5.41, 5.74) is -0.327. The summed E-state index contributed by atoms with van der Waals surface area (Å²) < 4.78 is 24.2. The molecule has 1 amide bonds. The maximum atomic E-state index is 12.1. The average Bonchev–Trinajstić information content (AvgIpc) is 2.58. The number of nitrogens with one attached hydrogen (secondary N) is 1. The first kappa shape index (κ1) is 10.4. The van der Waals surface area contributed by atoms with Gasteiger partial charge in [0, 0.05) is 17.4 Å². The Labute approximate surface area is 76.7 Å². The number of amides is 1. The van der Waals surface area contributed by atoms with Crippen LogP contribution in [0.25, 0.3) is 0 Å². The van der Waals surface area contributed by atoms with Crippen molar-refractivity contribution in [2.75, 3.05) is 0 Å². The number of carbonyl (C=O) groups excluding carboxylic acids is 1. The molecule has 4 heteroatoms. The van der Waals surface area contributed by atoms with Crippen molar-refractivity contribution < 1.29 is 13.6 Å². The van der Waals surface area contributed by atoms with E-state index in [0.29, 0.717) is 6.42 Å². The maximum Gasteiger partial charge on any atom is 0.242 e. The van der Waals surface area contributed by atoms with Crippen LogP contribution in [0, 0.1) is 11.8 Å². The van der Waals surface area contributed by atoms with Crippen molar-refractivity contribution in [2.24, 2.45) is 11.8 Å². The van der Waals surface area contributed by atoms with Gasteiger partial charge >= 0.3 is 0 Å². The third-order valence-electron chi connectivity index (χ3n) is 2.00. The second kappa shape index (κ2) is 3.24. The predicted octanol–water partition coefficient (Wildman–Crippen LogP) is 1.80. The Kier molecular flexibility index (Phi) is 2.59. The largest absolute Gasteiger partial charge is 0.351 e. The van der Waals surface area contributed by atoms with Gasteiger partial charge in [0.2, 0.25) is 12.3 Å². The fourth-order valence-corrected chi connectivity index (χ4v) is 1.26. The maximum absolute atomic E-state index is 12.1. The van der Waals surface area contributed by atoms with Crippen LogP contribution in [0.3, 0.4) is 0 Å². The first-order chi connectivity index (χ1) is 5.81. The van der Waals surface area contributed by atoms with E-state index in [9.17, 15) is 13.6 Å². The molecule has 0 radical (unpaired) electrons. The van der Waals surface area contributed by atoms with Crippen LogP contribution in [0.4, 0.5) is 8.78 Å². The van der Waals surface area contributed by atoms with Crippen LogP contribution in [-0.4, -0.2) is 17.9 Å². The number of rotatable bonds is 2. The fraction of sp³-hybridized carbons (Fsp3) is 0.889. The van der Waals surface area contributed by atoms with E-state index in [1.165, 1.54) is 0 Å². The highest BCUT2D eigenvalue weighted by atomic mass is 19.3. The van der Waals surface area contributed by atoms with Gasteiger partial charge in [0.05, 0.1) is 0 Å². The zero-order valence-corrected chi connectivity index (χ0v) is 8.10. The van der Waals surface area contributed by atoms with E-state index in [1.807, 2.05) is 20.8 Å². The molecule has 13 heavy (non-hydrogen) atoms. The molecule has 0 bridgehead atoms. The van der Waals surface area contributed by atoms with Crippen molar-refractivity contribution in [1.82, 2.24) is 5.32 Å². The second-order valence-electron chi connectivity index (χ2n) is 4.58. The quantitative estimate of drug-likeness (QED) is 0.708.